The minimum Gasteiger partial charge on any atom is -0.459 e. The minimum atomic E-state index is -5.84. The van der Waals surface area contributed by atoms with Crippen molar-refractivity contribution in [1.29, 1.82) is 0 Å². The lowest BCUT2D eigenvalue weighted by atomic mass is 9.78. The van der Waals surface area contributed by atoms with E-state index >= 15 is 0 Å². The largest absolute Gasteiger partial charge is 0.459 e. The van der Waals surface area contributed by atoms with Gasteiger partial charge in [0.05, 0.1) is 11.8 Å². The number of fused-ring (bicyclic) bond motifs is 1. The van der Waals surface area contributed by atoms with Gasteiger partial charge >= 0.3 is 30.0 Å². The van der Waals surface area contributed by atoms with Gasteiger partial charge in [-0.05, 0) is 13.3 Å². The van der Waals surface area contributed by atoms with Crippen molar-refractivity contribution >= 4 is 17.9 Å². The van der Waals surface area contributed by atoms with Gasteiger partial charge in [-0.25, -0.2) is 9.18 Å². The molecule has 7 atom stereocenters. The minimum absolute atomic E-state index is 0.0357. The third kappa shape index (κ3) is 3.57. The number of esters is 3. The Balaban J connectivity index is 1.73. The van der Waals surface area contributed by atoms with Crippen LogP contribution in [0.5, 0.6) is 0 Å². The lowest BCUT2D eigenvalue weighted by Crippen LogP contribution is -2.47. The Bertz CT molecular complexity index is 749. The average molecular weight is 430 g/mol. The number of alkyl halides is 6. The van der Waals surface area contributed by atoms with Crippen LogP contribution in [0.2, 0.25) is 0 Å². The third-order valence-electron chi connectivity index (χ3n) is 5.47. The van der Waals surface area contributed by atoms with Crippen molar-refractivity contribution in [1.82, 2.24) is 0 Å². The highest BCUT2D eigenvalue weighted by molar-refractivity contribution is 5.88. The highest BCUT2D eigenvalue weighted by Gasteiger charge is 2.70. The van der Waals surface area contributed by atoms with E-state index in [0.29, 0.717) is 0 Å². The van der Waals surface area contributed by atoms with Crippen molar-refractivity contribution in [2.75, 3.05) is 6.61 Å². The quantitative estimate of drug-likeness (QED) is 0.279. The van der Waals surface area contributed by atoms with Gasteiger partial charge in [-0.3, -0.25) is 9.59 Å². The summed E-state index contributed by atoms with van der Waals surface area (Å²) in [5.41, 5.74) is 0.0357. The Hall–Kier alpha value is -2.27. The molecule has 0 amide bonds. The first-order valence-corrected chi connectivity index (χ1v) is 8.58. The molecular weight excluding hydrogens is 414 g/mol. The fourth-order valence-electron chi connectivity index (χ4n) is 4.27. The van der Waals surface area contributed by atoms with Crippen LogP contribution in [-0.2, 0) is 28.6 Å². The van der Waals surface area contributed by atoms with Gasteiger partial charge in [0.25, 0.3) is 6.17 Å². The Morgan fingerprint density at radius 1 is 1.24 bits per heavy atom. The molecule has 1 saturated heterocycles. The highest BCUT2D eigenvalue weighted by atomic mass is 19.4. The monoisotopic (exact) mass is 430 g/mol. The fourth-order valence-corrected chi connectivity index (χ4v) is 4.27. The Labute approximate surface area is 160 Å². The molecule has 6 nitrogen and oxygen atoms in total. The van der Waals surface area contributed by atoms with Crippen LogP contribution in [0.25, 0.3) is 0 Å². The second kappa shape index (κ2) is 6.91. The molecule has 0 aromatic heterocycles. The smallest absolute Gasteiger partial charge is 0.425 e. The second-order valence-electron chi connectivity index (χ2n) is 7.44. The van der Waals surface area contributed by atoms with Crippen LogP contribution in [-0.4, -0.2) is 55.0 Å². The molecule has 29 heavy (non-hydrogen) atoms. The average Bonchev–Trinajstić information content (AvgIpc) is 3.21. The van der Waals surface area contributed by atoms with Crippen LogP contribution in [0.15, 0.2) is 12.2 Å². The van der Waals surface area contributed by atoms with Crippen LogP contribution < -0.4 is 0 Å². The summed E-state index contributed by atoms with van der Waals surface area (Å²) in [4.78, 5) is 36.2. The fraction of sp³-hybridized carbons (Fsp3) is 0.706. The highest BCUT2D eigenvalue weighted by Crippen LogP contribution is 2.59. The van der Waals surface area contributed by atoms with Crippen molar-refractivity contribution < 1.29 is 54.9 Å². The molecule has 3 aliphatic rings. The maximum Gasteiger partial charge on any atom is 0.425 e. The van der Waals surface area contributed by atoms with Crippen molar-refractivity contribution in [2.24, 2.45) is 23.7 Å². The maximum absolute atomic E-state index is 13.4. The predicted octanol–water partition coefficient (Wildman–Crippen LogP) is 2.36. The molecular formula is C17H16F6O6. The van der Waals surface area contributed by atoms with E-state index in [1.54, 1.807) is 0 Å². The molecule has 2 aliphatic carbocycles. The number of halogens is 6. The van der Waals surface area contributed by atoms with E-state index in [9.17, 15) is 40.7 Å². The second-order valence-corrected chi connectivity index (χ2v) is 7.44. The van der Waals surface area contributed by atoms with Crippen LogP contribution in [0.3, 0.4) is 0 Å². The van der Waals surface area contributed by atoms with Crippen LogP contribution in [0, 0.1) is 23.7 Å². The summed E-state index contributed by atoms with van der Waals surface area (Å²) in [6, 6.07) is 0. The van der Waals surface area contributed by atoms with Gasteiger partial charge in [-0.1, -0.05) is 6.58 Å². The van der Waals surface area contributed by atoms with E-state index in [2.05, 4.69) is 11.3 Å². The summed E-state index contributed by atoms with van der Waals surface area (Å²) in [5, 5.41) is 0. The lowest BCUT2D eigenvalue weighted by Gasteiger charge is -2.30. The zero-order valence-corrected chi connectivity index (χ0v) is 14.9. The Morgan fingerprint density at radius 2 is 1.86 bits per heavy atom. The maximum atomic E-state index is 13.4. The van der Waals surface area contributed by atoms with Gasteiger partial charge in [0.2, 0.25) is 0 Å². The summed E-state index contributed by atoms with van der Waals surface area (Å²) < 4.78 is 90.9. The topological polar surface area (TPSA) is 78.9 Å². The van der Waals surface area contributed by atoms with Crippen LogP contribution >= 0.6 is 0 Å². The van der Waals surface area contributed by atoms with Gasteiger partial charge in [-0.2, -0.15) is 22.0 Å². The van der Waals surface area contributed by atoms with E-state index in [1.165, 1.54) is 6.92 Å². The Kier molecular flexibility index (Phi) is 5.11. The van der Waals surface area contributed by atoms with Crippen molar-refractivity contribution in [3.8, 4) is 0 Å². The molecule has 0 aromatic carbocycles. The normalized spacial score (nSPS) is 34.0. The Morgan fingerprint density at radius 3 is 2.41 bits per heavy atom. The summed E-state index contributed by atoms with van der Waals surface area (Å²) >= 11 is 0. The molecule has 12 heteroatoms. The molecule has 0 N–H and O–H groups in total. The van der Waals surface area contributed by atoms with E-state index in [1.807, 2.05) is 0 Å². The van der Waals surface area contributed by atoms with Gasteiger partial charge in [0.15, 0.2) is 6.61 Å². The number of hydrogen-bond acceptors (Lipinski definition) is 6. The standard InChI is InChI=1S/C17H16F6O6/c1-5(2)12(24)28-10-6-3-7-9(14(26)29-11(7)10)8(6)13(25)27-4-16(19,20)15(18)17(21,22)23/h6-11,15H,1,3-4H2,2H3. The van der Waals surface area contributed by atoms with Crippen LogP contribution in [0.4, 0.5) is 26.3 Å². The van der Waals surface area contributed by atoms with Gasteiger partial charge in [0, 0.05) is 17.4 Å². The van der Waals surface area contributed by atoms with Crippen molar-refractivity contribution in [2.45, 2.75) is 43.8 Å². The predicted molar refractivity (Wildman–Crippen MR) is 80.0 cm³/mol. The lowest BCUT2D eigenvalue weighted by molar-refractivity contribution is -0.255. The van der Waals surface area contributed by atoms with Crippen molar-refractivity contribution in [3.63, 3.8) is 0 Å². The number of ether oxygens (including phenoxy) is 3. The molecule has 2 saturated carbocycles. The molecule has 0 spiro atoms. The molecule has 0 aromatic rings. The number of rotatable bonds is 6. The van der Waals surface area contributed by atoms with E-state index < -0.39 is 78.7 Å². The SMILES string of the molecule is C=C(C)C(=O)OC1C2CC3C1OC(=O)C3C2C(=O)OCC(F)(F)C(F)C(F)(F)F. The van der Waals surface area contributed by atoms with Gasteiger partial charge < -0.3 is 14.2 Å². The first-order valence-electron chi connectivity index (χ1n) is 8.58. The third-order valence-corrected chi connectivity index (χ3v) is 5.47. The first-order chi connectivity index (χ1) is 13.3. The number of hydrogen-bond donors (Lipinski definition) is 0. The molecule has 162 valence electrons. The molecule has 7 unspecified atom stereocenters. The van der Waals surface area contributed by atoms with E-state index in [0.717, 1.165) is 0 Å². The first kappa shape index (κ1) is 21.4. The molecule has 3 fully saturated rings. The summed E-state index contributed by atoms with van der Waals surface area (Å²) in [5.74, 6) is -11.8. The zero-order chi connectivity index (χ0) is 21.9. The number of carbonyl (C=O) groups excluding carboxylic acids is 3. The van der Waals surface area contributed by atoms with E-state index in [4.69, 9.17) is 9.47 Å². The summed E-state index contributed by atoms with van der Waals surface area (Å²) in [6.45, 7) is 2.61. The molecule has 3 rings (SSSR count). The van der Waals surface area contributed by atoms with Gasteiger partial charge in [-0.15, -0.1) is 0 Å². The zero-order valence-electron chi connectivity index (χ0n) is 14.9. The molecule has 2 bridgehead atoms. The van der Waals surface area contributed by atoms with Gasteiger partial charge in [0.1, 0.15) is 12.2 Å². The summed E-state index contributed by atoms with van der Waals surface area (Å²) in [7, 11) is 0. The molecule has 1 heterocycles. The molecule has 0 radical (unpaired) electrons. The van der Waals surface area contributed by atoms with Crippen molar-refractivity contribution in [3.05, 3.63) is 12.2 Å². The number of carbonyl (C=O) groups is 3. The molecule has 1 aliphatic heterocycles. The van der Waals surface area contributed by atoms with E-state index in [-0.39, 0.29) is 12.0 Å². The summed E-state index contributed by atoms with van der Waals surface area (Å²) in [6.07, 6.45) is -12.0. The van der Waals surface area contributed by atoms with Crippen LogP contribution in [0.1, 0.15) is 13.3 Å².